The van der Waals surface area contributed by atoms with Crippen molar-refractivity contribution in [1.82, 2.24) is 9.78 Å². The number of aromatic nitrogens is 2. The van der Waals surface area contributed by atoms with Gasteiger partial charge in [0.15, 0.2) is 0 Å². The van der Waals surface area contributed by atoms with Crippen molar-refractivity contribution >= 4 is 17.3 Å². The van der Waals surface area contributed by atoms with E-state index in [1.54, 1.807) is 4.68 Å². The monoisotopic (exact) mass is 320 g/mol. The fourth-order valence-electron chi connectivity index (χ4n) is 2.37. The smallest absolute Gasteiger partial charge is 0.306 e. The van der Waals surface area contributed by atoms with Gasteiger partial charge in [-0.3, -0.25) is 19.6 Å². The van der Waals surface area contributed by atoms with Crippen LogP contribution in [-0.2, 0) is 18.3 Å². The number of halogens is 1. The molecule has 122 valence electrons. The zero-order valence-corrected chi connectivity index (χ0v) is 13.1. The number of aryl methyl sites for hydroxylation is 2. The van der Waals surface area contributed by atoms with E-state index in [0.717, 1.165) is 29.1 Å². The van der Waals surface area contributed by atoms with Gasteiger partial charge in [-0.05, 0) is 38.0 Å². The Morgan fingerprint density at radius 2 is 2.13 bits per heavy atom. The molecule has 0 bridgehead atoms. The minimum absolute atomic E-state index is 0.197. The van der Waals surface area contributed by atoms with Gasteiger partial charge in [0.2, 0.25) is 11.7 Å². The number of nitrogens with zero attached hydrogens (tertiary/aromatic N) is 3. The van der Waals surface area contributed by atoms with Gasteiger partial charge in [0.05, 0.1) is 10.6 Å². The number of carbonyl (C=O) groups is 1. The molecule has 0 aliphatic carbocycles. The highest BCUT2D eigenvalue weighted by molar-refractivity contribution is 5.91. The summed E-state index contributed by atoms with van der Waals surface area (Å²) >= 11 is 0. The van der Waals surface area contributed by atoms with Gasteiger partial charge >= 0.3 is 5.69 Å². The number of hydrogen-bond donors (Lipinski definition) is 1. The van der Waals surface area contributed by atoms with Crippen molar-refractivity contribution in [2.75, 3.05) is 5.32 Å². The van der Waals surface area contributed by atoms with Gasteiger partial charge in [-0.1, -0.05) is 0 Å². The van der Waals surface area contributed by atoms with Crippen molar-refractivity contribution in [3.05, 3.63) is 51.1 Å². The number of carbonyl (C=O) groups excluding carboxylic acids is 1. The SMILES string of the molecule is Cc1nn(C)c(C)c1CCC(=O)Nc1ccc(F)c([N+](=O)[O-])c1. The van der Waals surface area contributed by atoms with E-state index in [-0.39, 0.29) is 18.0 Å². The quantitative estimate of drug-likeness (QED) is 0.677. The summed E-state index contributed by atoms with van der Waals surface area (Å²) in [5.74, 6) is -1.23. The maximum absolute atomic E-state index is 13.3. The number of hydrogen-bond acceptors (Lipinski definition) is 4. The van der Waals surface area contributed by atoms with Crippen LogP contribution < -0.4 is 5.32 Å². The van der Waals surface area contributed by atoms with Crippen LogP contribution in [0.15, 0.2) is 18.2 Å². The molecule has 7 nitrogen and oxygen atoms in total. The second-order valence-corrected chi connectivity index (χ2v) is 5.24. The van der Waals surface area contributed by atoms with E-state index in [2.05, 4.69) is 10.4 Å². The highest BCUT2D eigenvalue weighted by atomic mass is 19.1. The highest BCUT2D eigenvalue weighted by Gasteiger charge is 2.16. The lowest BCUT2D eigenvalue weighted by atomic mass is 10.1. The molecule has 0 saturated heterocycles. The largest absolute Gasteiger partial charge is 0.326 e. The van der Waals surface area contributed by atoms with Crippen LogP contribution in [0.5, 0.6) is 0 Å². The van der Waals surface area contributed by atoms with Gasteiger partial charge in [0.25, 0.3) is 0 Å². The fourth-order valence-corrected chi connectivity index (χ4v) is 2.37. The Morgan fingerprint density at radius 1 is 1.43 bits per heavy atom. The van der Waals surface area contributed by atoms with E-state index in [4.69, 9.17) is 0 Å². The molecule has 0 aliphatic rings. The summed E-state index contributed by atoms with van der Waals surface area (Å²) in [5, 5.41) is 17.5. The first-order chi connectivity index (χ1) is 10.8. The molecule has 0 spiro atoms. The molecule has 1 amide bonds. The van der Waals surface area contributed by atoms with Crippen LogP contribution in [0.3, 0.4) is 0 Å². The van der Waals surface area contributed by atoms with Crippen molar-refractivity contribution in [2.45, 2.75) is 26.7 Å². The Bertz CT molecular complexity index is 770. The first-order valence-electron chi connectivity index (χ1n) is 7.02. The van der Waals surface area contributed by atoms with E-state index in [1.807, 2.05) is 20.9 Å². The average molecular weight is 320 g/mol. The van der Waals surface area contributed by atoms with Crippen molar-refractivity contribution in [3.63, 3.8) is 0 Å². The van der Waals surface area contributed by atoms with Gasteiger partial charge in [-0.2, -0.15) is 9.49 Å². The van der Waals surface area contributed by atoms with Crippen molar-refractivity contribution in [1.29, 1.82) is 0 Å². The average Bonchev–Trinajstić information content (AvgIpc) is 2.72. The maximum Gasteiger partial charge on any atom is 0.306 e. The number of nitro groups is 1. The number of nitro benzene ring substituents is 1. The molecule has 23 heavy (non-hydrogen) atoms. The topological polar surface area (TPSA) is 90.1 Å². The van der Waals surface area contributed by atoms with Crippen molar-refractivity contribution < 1.29 is 14.1 Å². The third-order valence-electron chi connectivity index (χ3n) is 3.69. The normalized spacial score (nSPS) is 10.6. The summed E-state index contributed by atoms with van der Waals surface area (Å²) in [5.41, 5.74) is 2.40. The van der Waals surface area contributed by atoms with Gasteiger partial charge in [0.1, 0.15) is 0 Å². The van der Waals surface area contributed by atoms with E-state index in [9.17, 15) is 19.3 Å². The highest BCUT2D eigenvalue weighted by Crippen LogP contribution is 2.22. The minimum Gasteiger partial charge on any atom is -0.326 e. The maximum atomic E-state index is 13.3. The third-order valence-corrected chi connectivity index (χ3v) is 3.69. The lowest BCUT2D eigenvalue weighted by Crippen LogP contribution is -2.13. The molecular formula is C15H17FN4O3. The van der Waals surface area contributed by atoms with Crippen LogP contribution in [0.2, 0.25) is 0 Å². The van der Waals surface area contributed by atoms with Crippen LogP contribution in [0.1, 0.15) is 23.4 Å². The second kappa shape index (κ2) is 6.55. The number of rotatable bonds is 5. The van der Waals surface area contributed by atoms with Crippen molar-refractivity contribution in [3.8, 4) is 0 Å². The lowest BCUT2D eigenvalue weighted by molar-refractivity contribution is -0.387. The minimum atomic E-state index is -0.936. The van der Waals surface area contributed by atoms with Crippen LogP contribution in [0.25, 0.3) is 0 Å². The standard InChI is InChI=1S/C15H17FN4O3/c1-9-12(10(2)19(3)18-9)5-7-15(21)17-11-4-6-13(16)14(8-11)20(22)23/h4,6,8H,5,7H2,1-3H3,(H,17,21). The first-order valence-corrected chi connectivity index (χ1v) is 7.02. The predicted molar refractivity (Wildman–Crippen MR) is 82.7 cm³/mol. The molecule has 1 heterocycles. The number of anilines is 1. The Labute approximate surface area is 132 Å². The van der Waals surface area contributed by atoms with Crippen molar-refractivity contribution in [2.24, 2.45) is 7.05 Å². The van der Waals surface area contributed by atoms with Gasteiger partial charge in [0, 0.05) is 30.9 Å². The molecule has 0 aliphatic heterocycles. The van der Waals surface area contributed by atoms with Gasteiger partial charge in [-0.25, -0.2) is 0 Å². The third kappa shape index (κ3) is 3.71. The molecule has 1 aromatic heterocycles. The molecule has 1 N–H and O–H groups in total. The summed E-state index contributed by atoms with van der Waals surface area (Å²) in [7, 11) is 1.84. The zero-order valence-electron chi connectivity index (χ0n) is 13.1. The van der Waals surface area contributed by atoms with Crippen LogP contribution >= 0.6 is 0 Å². The van der Waals surface area contributed by atoms with E-state index < -0.39 is 16.4 Å². The number of benzene rings is 1. The second-order valence-electron chi connectivity index (χ2n) is 5.24. The Kier molecular flexibility index (Phi) is 4.73. The molecule has 1 aromatic carbocycles. The number of nitrogens with one attached hydrogen (secondary N) is 1. The Balaban J connectivity index is 2.03. The predicted octanol–water partition coefficient (Wildman–Crippen LogP) is 2.66. The Hall–Kier alpha value is -2.77. The molecule has 0 fully saturated rings. The molecule has 2 aromatic rings. The zero-order chi connectivity index (χ0) is 17.1. The van der Waals surface area contributed by atoms with Crippen LogP contribution in [-0.4, -0.2) is 20.6 Å². The molecular weight excluding hydrogens is 303 g/mol. The molecule has 0 atom stereocenters. The van der Waals surface area contributed by atoms with E-state index in [0.29, 0.717) is 6.42 Å². The molecule has 8 heteroatoms. The summed E-state index contributed by atoms with van der Waals surface area (Å²) in [6.45, 7) is 3.81. The lowest BCUT2D eigenvalue weighted by Gasteiger charge is -2.06. The summed E-state index contributed by atoms with van der Waals surface area (Å²) < 4.78 is 15.0. The molecule has 2 rings (SSSR count). The fraction of sp³-hybridized carbons (Fsp3) is 0.333. The molecule has 0 radical (unpaired) electrons. The van der Waals surface area contributed by atoms with Crippen LogP contribution in [0, 0.1) is 29.8 Å². The van der Waals surface area contributed by atoms with Gasteiger partial charge in [-0.15, -0.1) is 0 Å². The van der Waals surface area contributed by atoms with E-state index in [1.165, 1.54) is 6.07 Å². The summed E-state index contributed by atoms with van der Waals surface area (Å²) in [4.78, 5) is 21.8. The molecule has 0 saturated carbocycles. The number of amides is 1. The van der Waals surface area contributed by atoms with Gasteiger partial charge < -0.3 is 5.32 Å². The summed E-state index contributed by atoms with van der Waals surface area (Å²) in [6, 6.07) is 3.26. The van der Waals surface area contributed by atoms with Crippen LogP contribution in [0.4, 0.5) is 15.8 Å². The van der Waals surface area contributed by atoms with E-state index >= 15 is 0 Å². The first kappa shape index (κ1) is 16.6. The molecule has 0 unspecified atom stereocenters. The Morgan fingerprint density at radius 3 is 2.70 bits per heavy atom. The summed E-state index contributed by atoms with van der Waals surface area (Å²) in [6.07, 6.45) is 0.721.